The number of hydrogen-bond donors (Lipinski definition) is 1. The van der Waals surface area contributed by atoms with Crippen molar-refractivity contribution in [3.63, 3.8) is 0 Å². The number of hydrogen-bond acceptors (Lipinski definition) is 5. The molecule has 0 aliphatic carbocycles. The molecule has 0 aliphatic rings. The van der Waals surface area contributed by atoms with E-state index in [4.69, 9.17) is 9.47 Å². The predicted octanol–water partition coefficient (Wildman–Crippen LogP) is 26.2. The minimum Gasteiger partial charge on any atom is -0.462 e. The molecule has 0 spiro atoms. The summed E-state index contributed by atoms with van der Waals surface area (Å²) in [7, 11) is 0. The summed E-state index contributed by atoms with van der Waals surface area (Å²) in [6, 6.07) is 0. The summed E-state index contributed by atoms with van der Waals surface area (Å²) >= 11 is 0. The predicted molar refractivity (Wildman–Crippen MR) is 358 cm³/mol. The fourth-order valence-corrected chi connectivity index (χ4v) is 12.1. The van der Waals surface area contributed by atoms with Gasteiger partial charge < -0.3 is 14.6 Å². The van der Waals surface area contributed by atoms with Crippen molar-refractivity contribution in [2.45, 2.75) is 450 Å². The molecule has 0 fully saturated rings. The van der Waals surface area contributed by atoms with E-state index in [9.17, 15) is 14.7 Å². The van der Waals surface area contributed by atoms with E-state index in [0.29, 0.717) is 12.8 Å². The van der Waals surface area contributed by atoms with Crippen LogP contribution in [-0.4, -0.2) is 36.4 Å². The quantitative estimate of drug-likeness (QED) is 0.0373. The van der Waals surface area contributed by atoms with E-state index in [1.807, 2.05) is 0 Å². The minimum atomic E-state index is -0.768. The maximum atomic E-state index is 12.4. The fourth-order valence-electron chi connectivity index (χ4n) is 12.1. The first-order valence-electron chi connectivity index (χ1n) is 37.7. The molecule has 5 heteroatoms. The standard InChI is InChI=1S/C76H148O5/c1-3-5-7-9-11-13-15-17-19-21-23-25-27-29-31-33-35-36-37-38-39-41-42-44-46-48-50-52-54-56-58-60-62-64-66-68-70-75(78)80-73-74(72-77)81-76(79)71-69-67-65-63-61-59-57-55-53-51-49-47-45-43-40-34-32-30-28-26-24-22-20-18-16-14-12-10-8-6-4-2/h22,24,74,77H,3-21,23,25-73H2,1-2H3/b24-22-. The third kappa shape index (κ3) is 71.0. The van der Waals surface area contributed by atoms with Gasteiger partial charge in [0.25, 0.3) is 0 Å². The van der Waals surface area contributed by atoms with E-state index in [0.717, 1.165) is 32.1 Å². The lowest BCUT2D eigenvalue weighted by molar-refractivity contribution is -0.161. The van der Waals surface area contributed by atoms with Crippen LogP contribution in [0.4, 0.5) is 0 Å². The molecule has 0 saturated carbocycles. The number of carbonyl (C=O) groups excluding carboxylic acids is 2. The van der Waals surface area contributed by atoms with Crippen LogP contribution in [0.3, 0.4) is 0 Å². The van der Waals surface area contributed by atoms with Gasteiger partial charge in [-0.3, -0.25) is 9.59 Å². The maximum absolute atomic E-state index is 12.4. The van der Waals surface area contributed by atoms with E-state index in [2.05, 4.69) is 26.0 Å². The molecule has 482 valence electrons. The molecule has 0 bridgehead atoms. The van der Waals surface area contributed by atoms with Crippen LogP contribution in [0.15, 0.2) is 12.2 Å². The second-order valence-corrected chi connectivity index (χ2v) is 26.1. The van der Waals surface area contributed by atoms with Crippen molar-refractivity contribution in [1.82, 2.24) is 0 Å². The summed E-state index contributed by atoms with van der Waals surface area (Å²) in [5.41, 5.74) is 0. The molecule has 0 heterocycles. The van der Waals surface area contributed by atoms with Crippen molar-refractivity contribution in [2.24, 2.45) is 0 Å². The number of carbonyl (C=O) groups is 2. The van der Waals surface area contributed by atoms with Crippen LogP contribution in [0.25, 0.3) is 0 Å². The van der Waals surface area contributed by atoms with Gasteiger partial charge in [-0.2, -0.15) is 0 Å². The van der Waals surface area contributed by atoms with Crippen LogP contribution in [0.2, 0.25) is 0 Å². The van der Waals surface area contributed by atoms with Crippen LogP contribution in [0, 0.1) is 0 Å². The van der Waals surface area contributed by atoms with Crippen LogP contribution in [0.5, 0.6) is 0 Å². The van der Waals surface area contributed by atoms with Gasteiger partial charge in [-0.05, 0) is 38.5 Å². The summed E-state index contributed by atoms with van der Waals surface area (Å²) in [6.07, 6.45) is 94.3. The highest BCUT2D eigenvalue weighted by Gasteiger charge is 2.16. The second-order valence-electron chi connectivity index (χ2n) is 26.1. The molecule has 0 aliphatic heterocycles. The highest BCUT2D eigenvalue weighted by molar-refractivity contribution is 5.70. The van der Waals surface area contributed by atoms with Crippen molar-refractivity contribution in [3.8, 4) is 0 Å². The van der Waals surface area contributed by atoms with E-state index in [1.54, 1.807) is 0 Å². The molecular weight excluding hydrogens is 993 g/mol. The Morgan fingerprint density at radius 2 is 0.457 bits per heavy atom. The molecule has 81 heavy (non-hydrogen) atoms. The third-order valence-electron chi connectivity index (χ3n) is 17.8. The largest absolute Gasteiger partial charge is 0.462 e. The number of allylic oxidation sites excluding steroid dienone is 2. The summed E-state index contributed by atoms with van der Waals surface area (Å²) in [5, 5.41) is 9.71. The Morgan fingerprint density at radius 3 is 0.667 bits per heavy atom. The maximum Gasteiger partial charge on any atom is 0.306 e. The van der Waals surface area contributed by atoms with Gasteiger partial charge in [0.2, 0.25) is 0 Å². The SMILES string of the molecule is CCCCCCCCCC/C=C\CCCCCCCCCCCCCCCCCCCCCC(=O)OC(CO)COC(=O)CCCCCCCCCCCCCCCCCCCCCCCCCCCCCCCCCCCCCC. The van der Waals surface area contributed by atoms with Crippen LogP contribution < -0.4 is 0 Å². The highest BCUT2D eigenvalue weighted by atomic mass is 16.6. The first kappa shape index (κ1) is 79.6. The lowest BCUT2D eigenvalue weighted by Gasteiger charge is -2.15. The molecule has 0 aromatic heterocycles. The van der Waals surface area contributed by atoms with Gasteiger partial charge in [0.15, 0.2) is 6.10 Å². The van der Waals surface area contributed by atoms with Crippen molar-refractivity contribution in [2.75, 3.05) is 13.2 Å². The summed E-state index contributed by atoms with van der Waals surface area (Å²) in [6.45, 7) is 4.22. The normalized spacial score (nSPS) is 12.1. The average Bonchev–Trinajstić information content (AvgIpc) is 3.47. The Balaban J connectivity index is 3.35. The zero-order valence-electron chi connectivity index (χ0n) is 55.6. The molecule has 1 N–H and O–H groups in total. The molecule has 1 atom stereocenters. The Hall–Kier alpha value is -1.36. The van der Waals surface area contributed by atoms with Gasteiger partial charge >= 0.3 is 11.9 Å². The van der Waals surface area contributed by atoms with Gasteiger partial charge in [-0.1, -0.05) is 405 Å². The van der Waals surface area contributed by atoms with Gasteiger partial charge in [-0.15, -0.1) is 0 Å². The molecule has 1 unspecified atom stereocenters. The molecule has 0 saturated heterocycles. The number of rotatable bonds is 72. The molecule has 0 amide bonds. The molecular formula is C76H148O5. The van der Waals surface area contributed by atoms with Gasteiger partial charge in [-0.25, -0.2) is 0 Å². The Bertz CT molecular complexity index is 1200. The zero-order valence-corrected chi connectivity index (χ0v) is 55.6. The van der Waals surface area contributed by atoms with E-state index >= 15 is 0 Å². The monoisotopic (exact) mass is 1140 g/mol. The van der Waals surface area contributed by atoms with Crippen molar-refractivity contribution in [1.29, 1.82) is 0 Å². The fraction of sp³-hybridized carbons (Fsp3) is 0.947. The molecule has 0 radical (unpaired) electrons. The number of ether oxygens (including phenoxy) is 2. The Kier molecular flexibility index (Phi) is 71.7. The molecule has 0 aromatic carbocycles. The molecule has 0 aromatic rings. The molecule has 0 rings (SSSR count). The van der Waals surface area contributed by atoms with E-state index in [-0.39, 0.29) is 25.2 Å². The summed E-state index contributed by atoms with van der Waals surface area (Å²) in [5.74, 6) is -0.559. The number of esters is 2. The van der Waals surface area contributed by atoms with Gasteiger partial charge in [0.1, 0.15) is 6.61 Å². The topological polar surface area (TPSA) is 72.8 Å². The Morgan fingerprint density at radius 1 is 0.272 bits per heavy atom. The van der Waals surface area contributed by atoms with Crippen molar-refractivity contribution in [3.05, 3.63) is 12.2 Å². The summed E-state index contributed by atoms with van der Waals surface area (Å²) in [4.78, 5) is 24.7. The lowest BCUT2D eigenvalue weighted by Crippen LogP contribution is -2.28. The number of aliphatic hydroxyl groups excluding tert-OH is 1. The Labute approximate surface area is 509 Å². The van der Waals surface area contributed by atoms with E-state index in [1.165, 1.54) is 385 Å². The average molecular weight is 1140 g/mol. The highest BCUT2D eigenvalue weighted by Crippen LogP contribution is 2.20. The molecule has 5 nitrogen and oxygen atoms in total. The number of unbranched alkanes of at least 4 members (excludes halogenated alkanes) is 62. The van der Waals surface area contributed by atoms with Crippen molar-refractivity contribution < 1.29 is 24.2 Å². The third-order valence-corrected chi connectivity index (χ3v) is 17.8. The van der Waals surface area contributed by atoms with Crippen LogP contribution in [-0.2, 0) is 19.1 Å². The van der Waals surface area contributed by atoms with Gasteiger partial charge in [0, 0.05) is 12.8 Å². The zero-order chi connectivity index (χ0) is 58.4. The van der Waals surface area contributed by atoms with Crippen LogP contribution in [0.1, 0.15) is 444 Å². The van der Waals surface area contributed by atoms with Crippen LogP contribution >= 0.6 is 0 Å². The van der Waals surface area contributed by atoms with E-state index < -0.39 is 6.10 Å². The number of aliphatic hydroxyl groups is 1. The first-order valence-corrected chi connectivity index (χ1v) is 37.7. The van der Waals surface area contributed by atoms with Crippen molar-refractivity contribution >= 4 is 11.9 Å². The minimum absolute atomic E-state index is 0.0566. The smallest absolute Gasteiger partial charge is 0.306 e. The second kappa shape index (κ2) is 72.9. The first-order chi connectivity index (χ1) is 40.1. The lowest BCUT2D eigenvalue weighted by atomic mass is 10.0. The summed E-state index contributed by atoms with van der Waals surface area (Å²) < 4.78 is 10.8. The van der Waals surface area contributed by atoms with Gasteiger partial charge in [0.05, 0.1) is 6.61 Å².